The number of benzene rings is 2. The van der Waals surface area contributed by atoms with Crippen LogP contribution in [-0.4, -0.2) is 17.3 Å². The van der Waals surface area contributed by atoms with Gasteiger partial charge >= 0.3 is 0 Å². The second-order valence-corrected chi connectivity index (χ2v) is 7.38. The Morgan fingerprint density at radius 3 is 2.09 bits per heavy atom. The molecule has 0 unspecified atom stereocenters. The molecule has 2 heteroatoms. The molecule has 2 aliphatic rings. The molecule has 0 aromatic heterocycles. The Kier molecular flexibility index (Phi) is 3.96. The van der Waals surface area contributed by atoms with Gasteiger partial charge in [0.1, 0.15) is 0 Å². The first-order valence-electron chi connectivity index (χ1n) is 8.77. The van der Waals surface area contributed by atoms with Gasteiger partial charge < -0.3 is 10.4 Å². The van der Waals surface area contributed by atoms with Crippen LogP contribution in [0.25, 0.3) is 0 Å². The molecule has 2 aromatic rings. The summed E-state index contributed by atoms with van der Waals surface area (Å²) in [6.45, 7) is 1.000. The van der Waals surface area contributed by atoms with Crippen molar-refractivity contribution in [1.29, 1.82) is 0 Å². The van der Waals surface area contributed by atoms with Gasteiger partial charge in [-0.05, 0) is 60.3 Å². The average molecular weight is 307 g/mol. The van der Waals surface area contributed by atoms with Crippen LogP contribution >= 0.6 is 0 Å². The maximum Gasteiger partial charge on any atom is 0.0619 e. The lowest BCUT2D eigenvalue weighted by molar-refractivity contribution is 0.166. The Morgan fingerprint density at radius 1 is 0.913 bits per heavy atom. The Hall–Kier alpha value is -1.64. The van der Waals surface area contributed by atoms with E-state index in [0.29, 0.717) is 0 Å². The zero-order valence-corrected chi connectivity index (χ0v) is 13.6. The second kappa shape index (κ2) is 6.10. The summed E-state index contributed by atoms with van der Waals surface area (Å²) >= 11 is 0. The van der Waals surface area contributed by atoms with Crippen molar-refractivity contribution in [2.75, 3.05) is 6.61 Å². The van der Waals surface area contributed by atoms with Crippen molar-refractivity contribution in [3.05, 3.63) is 70.8 Å². The van der Waals surface area contributed by atoms with E-state index in [-0.39, 0.29) is 12.1 Å². The van der Waals surface area contributed by atoms with Crippen molar-refractivity contribution >= 4 is 0 Å². The molecule has 2 N–H and O–H groups in total. The largest absolute Gasteiger partial charge is 0.394 e. The first-order valence-corrected chi connectivity index (χ1v) is 8.77. The van der Waals surface area contributed by atoms with E-state index >= 15 is 0 Å². The summed E-state index contributed by atoms with van der Waals surface area (Å²) in [5.74, 6) is 0.939. The first-order chi connectivity index (χ1) is 11.3. The number of aliphatic hydroxyl groups is 1. The smallest absolute Gasteiger partial charge is 0.0619 e. The molecular weight excluding hydrogens is 282 g/mol. The van der Waals surface area contributed by atoms with Gasteiger partial charge in [0.25, 0.3) is 0 Å². The molecule has 0 amide bonds. The van der Waals surface area contributed by atoms with Gasteiger partial charge in [0.05, 0.1) is 6.61 Å². The highest BCUT2D eigenvalue weighted by molar-refractivity contribution is 5.36. The quantitative estimate of drug-likeness (QED) is 0.858. The molecule has 0 aliphatic heterocycles. The van der Waals surface area contributed by atoms with Gasteiger partial charge in [-0.15, -0.1) is 0 Å². The monoisotopic (exact) mass is 307 g/mol. The SMILES string of the molecule is OCC1(NCc2ccc(CC3CC3)cc2)Cc2ccccc2C1. The highest BCUT2D eigenvalue weighted by atomic mass is 16.3. The fourth-order valence-electron chi connectivity index (χ4n) is 3.72. The topological polar surface area (TPSA) is 32.3 Å². The van der Waals surface area contributed by atoms with Crippen LogP contribution in [0.2, 0.25) is 0 Å². The zero-order chi connectivity index (χ0) is 15.7. The lowest BCUT2D eigenvalue weighted by Gasteiger charge is -2.28. The summed E-state index contributed by atoms with van der Waals surface area (Å²) in [5.41, 5.74) is 5.30. The summed E-state index contributed by atoms with van der Waals surface area (Å²) in [6, 6.07) is 17.5. The summed E-state index contributed by atoms with van der Waals surface area (Å²) in [4.78, 5) is 0. The third-order valence-electron chi connectivity index (χ3n) is 5.39. The molecule has 4 rings (SSSR count). The van der Waals surface area contributed by atoms with Crippen molar-refractivity contribution < 1.29 is 5.11 Å². The number of rotatable bonds is 6. The molecule has 2 nitrogen and oxygen atoms in total. The minimum Gasteiger partial charge on any atom is -0.394 e. The third kappa shape index (κ3) is 3.34. The number of hydrogen-bond donors (Lipinski definition) is 2. The van der Waals surface area contributed by atoms with E-state index in [4.69, 9.17) is 0 Å². The van der Waals surface area contributed by atoms with E-state index in [0.717, 1.165) is 25.3 Å². The Morgan fingerprint density at radius 2 is 1.52 bits per heavy atom. The van der Waals surface area contributed by atoms with Crippen LogP contribution in [0.1, 0.15) is 35.1 Å². The predicted octanol–water partition coefficient (Wildman–Crippen LogP) is 3.26. The van der Waals surface area contributed by atoms with Crippen LogP contribution in [0.4, 0.5) is 0 Å². The van der Waals surface area contributed by atoms with E-state index in [1.54, 1.807) is 0 Å². The van der Waals surface area contributed by atoms with Crippen molar-refractivity contribution in [3.8, 4) is 0 Å². The normalized spacial score (nSPS) is 18.8. The Labute approximate surface area is 138 Å². The molecule has 2 aliphatic carbocycles. The van der Waals surface area contributed by atoms with Crippen molar-refractivity contribution in [3.63, 3.8) is 0 Å². The van der Waals surface area contributed by atoms with Gasteiger partial charge in [-0.25, -0.2) is 0 Å². The van der Waals surface area contributed by atoms with Crippen molar-refractivity contribution in [2.45, 2.75) is 44.2 Å². The standard InChI is InChI=1S/C21H25NO/c23-15-21(12-19-3-1-2-4-20(19)13-21)22-14-18-9-7-17(8-10-18)11-16-5-6-16/h1-4,7-10,16,22-23H,5-6,11-15H2. The molecule has 0 heterocycles. The van der Waals surface area contributed by atoms with Gasteiger partial charge in [0, 0.05) is 12.1 Å². The van der Waals surface area contributed by atoms with E-state index in [1.807, 2.05) is 0 Å². The molecule has 120 valence electrons. The van der Waals surface area contributed by atoms with Gasteiger partial charge in [-0.3, -0.25) is 0 Å². The number of aliphatic hydroxyl groups excluding tert-OH is 1. The Bertz CT molecular complexity index is 647. The predicted molar refractivity (Wildman–Crippen MR) is 93.4 cm³/mol. The van der Waals surface area contributed by atoms with Crippen LogP contribution < -0.4 is 5.32 Å². The van der Waals surface area contributed by atoms with Crippen LogP contribution in [0.15, 0.2) is 48.5 Å². The van der Waals surface area contributed by atoms with E-state index in [1.165, 1.54) is 41.5 Å². The zero-order valence-electron chi connectivity index (χ0n) is 13.6. The van der Waals surface area contributed by atoms with Crippen LogP contribution in [0, 0.1) is 5.92 Å². The molecule has 1 saturated carbocycles. The van der Waals surface area contributed by atoms with Crippen LogP contribution in [0.3, 0.4) is 0 Å². The maximum absolute atomic E-state index is 9.95. The van der Waals surface area contributed by atoms with Crippen molar-refractivity contribution in [2.24, 2.45) is 5.92 Å². The summed E-state index contributed by atoms with van der Waals surface area (Å²) in [7, 11) is 0. The van der Waals surface area contributed by atoms with E-state index in [9.17, 15) is 5.11 Å². The fourth-order valence-corrected chi connectivity index (χ4v) is 3.72. The lowest BCUT2D eigenvalue weighted by atomic mass is 9.96. The third-order valence-corrected chi connectivity index (χ3v) is 5.39. The minimum absolute atomic E-state index is 0.182. The number of hydrogen-bond acceptors (Lipinski definition) is 2. The summed E-state index contributed by atoms with van der Waals surface area (Å²) in [5, 5.41) is 13.6. The van der Waals surface area contributed by atoms with E-state index < -0.39 is 0 Å². The Balaban J connectivity index is 1.39. The average Bonchev–Trinajstić information content (AvgIpc) is 3.32. The van der Waals surface area contributed by atoms with Gasteiger partial charge in [0.2, 0.25) is 0 Å². The molecule has 0 radical (unpaired) electrons. The molecule has 1 fully saturated rings. The van der Waals surface area contributed by atoms with E-state index in [2.05, 4.69) is 53.8 Å². The van der Waals surface area contributed by atoms with Gasteiger partial charge in [-0.2, -0.15) is 0 Å². The maximum atomic E-state index is 9.95. The molecule has 23 heavy (non-hydrogen) atoms. The first kappa shape index (κ1) is 14.9. The number of fused-ring (bicyclic) bond motifs is 1. The fraction of sp³-hybridized carbons (Fsp3) is 0.429. The molecule has 0 bridgehead atoms. The van der Waals surface area contributed by atoms with Gasteiger partial charge in [0.15, 0.2) is 0 Å². The second-order valence-electron chi connectivity index (χ2n) is 7.38. The van der Waals surface area contributed by atoms with Gasteiger partial charge in [-0.1, -0.05) is 48.5 Å². The molecule has 0 atom stereocenters. The minimum atomic E-state index is -0.198. The molecule has 0 spiro atoms. The summed E-state index contributed by atoms with van der Waals surface area (Å²) < 4.78 is 0. The van der Waals surface area contributed by atoms with Crippen molar-refractivity contribution in [1.82, 2.24) is 5.32 Å². The highest BCUT2D eigenvalue weighted by Gasteiger charge is 2.35. The van der Waals surface area contributed by atoms with Crippen LogP contribution in [0.5, 0.6) is 0 Å². The highest BCUT2D eigenvalue weighted by Crippen LogP contribution is 2.33. The van der Waals surface area contributed by atoms with Crippen LogP contribution in [-0.2, 0) is 25.8 Å². The molecule has 0 saturated heterocycles. The molecule has 2 aromatic carbocycles. The lowest BCUT2D eigenvalue weighted by Crippen LogP contribution is -2.49. The number of nitrogens with one attached hydrogen (secondary N) is 1. The summed E-state index contributed by atoms with van der Waals surface area (Å²) in [6.07, 6.45) is 5.88. The molecular formula is C21H25NO.